The maximum atomic E-state index is 13.5. The molecule has 1 aromatic heterocycles. The first-order chi connectivity index (χ1) is 17.9. The number of carbonyl (C=O) groups excluding carboxylic acids is 2. The number of thiazole rings is 1. The number of anilines is 1. The first-order valence-electron chi connectivity index (χ1n) is 11.2. The highest BCUT2D eigenvalue weighted by Crippen LogP contribution is 2.43. The lowest BCUT2D eigenvalue weighted by molar-refractivity contribution is -0.115. The van der Waals surface area contributed by atoms with E-state index in [4.69, 9.17) is 32.0 Å². The van der Waals surface area contributed by atoms with Gasteiger partial charge in [-0.05, 0) is 48.9 Å². The van der Waals surface area contributed by atoms with E-state index in [-0.39, 0.29) is 11.5 Å². The molecule has 186 valence electrons. The van der Waals surface area contributed by atoms with E-state index in [1.54, 1.807) is 30.3 Å². The van der Waals surface area contributed by atoms with Gasteiger partial charge in [0.25, 0.3) is 0 Å². The smallest absolute Gasteiger partial charge is 0.339 e. The number of para-hydroxylation sites is 2. The van der Waals surface area contributed by atoms with Gasteiger partial charge in [0.1, 0.15) is 15.3 Å². The minimum Gasteiger partial charge on any atom is -0.465 e. The van der Waals surface area contributed by atoms with E-state index in [1.807, 2.05) is 43.3 Å². The molecule has 0 saturated carbocycles. The van der Waals surface area contributed by atoms with E-state index >= 15 is 0 Å². The van der Waals surface area contributed by atoms with E-state index in [2.05, 4.69) is 5.32 Å². The van der Waals surface area contributed by atoms with Crippen molar-refractivity contribution in [2.24, 2.45) is 10.7 Å². The standard InChI is InChI=1S/C27H21ClN4O3S2/c1-14-16(28)9-7-12-17(14)31-26-21(25-32-19-11-5-6-13-20(19)36-25)22(29)23(37-26)24(33)30-18-10-4-3-8-15(18)27(34)35-2/h3-13,23H,29H2,1-2H3,(H,30,33)/t23-/m0/s1. The predicted octanol–water partition coefficient (Wildman–Crippen LogP) is 6.20. The van der Waals surface area contributed by atoms with Crippen molar-refractivity contribution in [1.82, 2.24) is 4.98 Å². The van der Waals surface area contributed by atoms with Crippen LogP contribution in [-0.2, 0) is 9.53 Å². The number of rotatable bonds is 5. The normalized spacial score (nSPS) is 16.4. The lowest BCUT2D eigenvalue weighted by Gasteiger charge is -2.13. The van der Waals surface area contributed by atoms with Crippen LogP contribution in [0.2, 0.25) is 5.02 Å². The molecular formula is C27H21ClN4O3S2. The van der Waals surface area contributed by atoms with E-state index < -0.39 is 11.2 Å². The molecule has 2 heterocycles. The van der Waals surface area contributed by atoms with Gasteiger partial charge < -0.3 is 15.8 Å². The molecule has 0 aliphatic carbocycles. The van der Waals surface area contributed by atoms with E-state index in [0.29, 0.717) is 37.7 Å². The van der Waals surface area contributed by atoms with Crippen LogP contribution >= 0.6 is 34.7 Å². The summed E-state index contributed by atoms with van der Waals surface area (Å²) in [4.78, 5) is 35.3. The Bertz CT molecular complexity index is 1580. The van der Waals surface area contributed by atoms with Crippen LogP contribution in [0.1, 0.15) is 20.9 Å². The van der Waals surface area contributed by atoms with Crippen molar-refractivity contribution in [2.45, 2.75) is 12.2 Å². The maximum absolute atomic E-state index is 13.5. The minimum atomic E-state index is -0.786. The minimum absolute atomic E-state index is 0.249. The van der Waals surface area contributed by atoms with E-state index in [0.717, 1.165) is 15.8 Å². The number of amides is 1. The predicted molar refractivity (Wildman–Crippen MR) is 152 cm³/mol. The number of esters is 1. The van der Waals surface area contributed by atoms with Gasteiger partial charge in [0.2, 0.25) is 5.91 Å². The number of nitrogens with one attached hydrogen (secondary N) is 1. The topological polar surface area (TPSA) is 107 Å². The molecule has 1 aliphatic rings. The molecule has 5 rings (SSSR count). The molecule has 37 heavy (non-hydrogen) atoms. The first-order valence-corrected chi connectivity index (χ1v) is 13.3. The maximum Gasteiger partial charge on any atom is 0.339 e. The number of ether oxygens (including phenoxy) is 1. The number of aromatic nitrogens is 1. The van der Waals surface area contributed by atoms with Crippen LogP contribution in [0.5, 0.6) is 0 Å². The van der Waals surface area contributed by atoms with Crippen molar-refractivity contribution in [2.75, 3.05) is 12.4 Å². The second-order valence-corrected chi connectivity index (χ2v) is 10.7. The molecular weight excluding hydrogens is 528 g/mol. The summed E-state index contributed by atoms with van der Waals surface area (Å²) in [6, 6.07) is 19.9. The Kier molecular flexibility index (Phi) is 7.01. The summed E-state index contributed by atoms with van der Waals surface area (Å²) in [7, 11) is 1.29. The van der Waals surface area contributed by atoms with Crippen LogP contribution in [0.4, 0.5) is 11.4 Å². The lowest BCUT2D eigenvalue weighted by atomic mass is 10.1. The highest BCUT2D eigenvalue weighted by molar-refractivity contribution is 8.16. The SMILES string of the molecule is COC(=O)c1ccccc1NC(=O)[C@H]1SC(=Nc2cccc(Cl)c2C)C(c2nc3ccccc3s2)=C1N. The Labute approximate surface area is 226 Å². The van der Waals surface area contributed by atoms with Crippen molar-refractivity contribution >= 4 is 78.8 Å². The fourth-order valence-electron chi connectivity index (χ4n) is 3.86. The number of fused-ring (bicyclic) bond motifs is 1. The van der Waals surface area contributed by atoms with Gasteiger partial charge in [0, 0.05) is 10.7 Å². The van der Waals surface area contributed by atoms with Gasteiger partial charge in [-0.1, -0.05) is 53.7 Å². The van der Waals surface area contributed by atoms with Gasteiger partial charge in [-0.25, -0.2) is 14.8 Å². The van der Waals surface area contributed by atoms with Crippen molar-refractivity contribution in [1.29, 1.82) is 0 Å². The number of hydrogen-bond acceptors (Lipinski definition) is 8. The molecule has 4 aromatic rings. The van der Waals surface area contributed by atoms with Crippen molar-refractivity contribution in [3.8, 4) is 0 Å². The molecule has 1 aliphatic heterocycles. The Morgan fingerprint density at radius 2 is 1.84 bits per heavy atom. The largest absolute Gasteiger partial charge is 0.465 e. The van der Waals surface area contributed by atoms with Crippen LogP contribution in [-0.4, -0.2) is 34.3 Å². The number of nitrogens with two attached hydrogens (primary N) is 1. The quantitative estimate of drug-likeness (QED) is 0.288. The summed E-state index contributed by atoms with van der Waals surface area (Å²) in [6.45, 7) is 1.89. The lowest BCUT2D eigenvalue weighted by Crippen LogP contribution is -2.29. The van der Waals surface area contributed by atoms with Gasteiger partial charge in [0.05, 0.1) is 39.8 Å². The Hall–Kier alpha value is -3.66. The third-order valence-corrected chi connectivity index (χ3v) is 8.50. The third-order valence-electron chi connectivity index (χ3n) is 5.81. The van der Waals surface area contributed by atoms with Crippen molar-refractivity contribution in [3.63, 3.8) is 0 Å². The van der Waals surface area contributed by atoms with Crippen LogP contribution in [0.3, 0.4) is 0 Å². The number of nitrogens with zero attached hydrogens (tertiary/aromatic N) is 2. The summed E-state index contributed by atoms with van der Waals surface area (Å²) in [5.74, 6) is -0.933. The monoisotopic (exact) mass is 548 g/mol. The summed E-state index contributed by atoms with van der Waals surface area (Å²) in [6.07, 6.45) is 0. The van der Waals surface area contributed by atoms with Gasteiger partial charge in [-0.2, -0.15) is 0 Å². The average molecular weight is 549 g/mol. The summed E-state index contributed by atoms with van der Waals surface area (Å²) in [5, 5.41) is 3.89. The molecule has 0 fully saturated rings. The molecule has 1 amide bonds. The highest BCUT2D eigenvalue weighted by atomic mass is 35.5. The molecule has 0 unspecified atom stereocenters. The fraction of sp³-hybridized carbons (Fsp3) is 0.111. The Morgan fingerprint density at radius 1 is 1.08 bits per heavy atom. The summed E-state index contributed by atoms with van der Waals surface area (Å²) >= 11 is 9.05. The zero-order valence-electron chi connectivity index (χ0n) is 19.8. The molecule has 10 heteroatoms. The summed E-state index contributed by atoms with van der Waals surface area (Å²) < 4.78 is 5.85. The number of hydrogen-bond donors (Lipinski definition) is 2. The number of aliphatic imine (C=N–C) groups is 1. The fourth-order valence-corrected chi connectivity index (χ4v) is 6.25. The van der Waals surface area contributed by atoms with Gasteiger partial charge in [-0.3, -0.25) is 4.79 Å². The molecule has 3 aromatic carbocycles. The zero-order valence-corrected chi connectivity index (χ0v) is 22.2. The first kappa shape index (κ1) is 25.0. The van der Waals surface area contributed by atoms with Crippen molar-refractivity contribution < 1.29 is 14.3 Å². The van der Waals surface area contributed by atoms with Crippen LogP contribution in [0, 0.1) is 6.92 Å². The van der Waals surface area contributed by atoms with Gasteiger partial charge >= 0.3 is 5.97 Å². The number of benzene rings is 3. The van der Waals surface area contributed by atoms with E-state index in [1.165, 1.54) is 30.2 Å². The zero-order chi connectivity index (χ0) is 26.1. The number of carbonyl (C=O) groups is 2. The second kappa shape index (κ2) is 10.4. The molecule has 0 saturated heterocycles. The molecule has 0 bridgehead atoms. The third kappa shape index (κ3) is 4.85. The van der Waals surface area contributed by atoms with Crippen LogP contribution < -0.4 is 11.1 Å². The number of methoxy groups -OCH3 is 1. The average Bonchev–Trinajstić information content (AvgIpc) is 3.47. The van der Waals surface area contributed by atoms with Crippen LogP contribution in [0.25, 0.3) is 15.8 Å². The summed E-state index contributed by atoms with van der Waals surface area (Å²) in [5.41, 5.74) is 10.5. The van der Waals surface area contributed by atoms with E-state index in [9.17, 15) is 9.59 Å². The Balaban J connectivity index is 1.57. The molecule has 3 N–H and O–H groups in total. The van der Waals surface area contributed by atoms with Gasteiger partial charge in [0.15, 0.2) is 0 Å². The van der Waals surface area contributed by atoms with Crippen molar-refractivity contribution in [3.05, 3.63) is 93.6 Å². The van der Waals surface area contributed by atoms with Gasteiger partial charge in [-0.15, -0.1) is 11.3 Å². The highest BCUT2D eigenvalue weighted by Gasteiger charge is 2.37. The molecule has 0 radical (unpaired) electrons. The number of thioether (sulfide) groups is 1. The van der Waals surface area contributed by atoms with Crippen LogP contribution in [0.15, 0.2) is 77.4 Å². The molecule has 7 nitrogen and oxygen atoms in total. The Morgan fingerprint density at radius 3 is 2.62 bits per heavy atom. The second-order valence-electron chi connectivity index (χ2n) is 8.14. The molecule has 0 spiro atoms. The molecule has 1 atom stereocenters. The number of halogens is 1.